The van der Waals surface area contributed by atoms with E-state index in [4.69, 9.17) is 4.74 Å². The summed E-state index contributed by atoms with van der Waals surface area (Å²) >= 11 is 1.37. The maximum atomic E-state index is 14.1. The minimum absolute atomic E-state index is 0.132. The molecule has 29 heavy (non-hydrogen) atoms. The van der Waals surface area contributed by atoms with Crippen LogP contribution in [0.4, 0.5) is 10.1 Å². The van der Waals surface area contributed by atoms with Gasteiger partial charge in [0.2, 0.25) is 0 Å². The van der Waals surface area contributed by atoms with E-state index in [0.717, 1.165) is 4.90 Å². The van der Waals surface area contributed by atoms with E-state index in [1.165, 1.54) is 17.4 Å². The summed E-state index contributed by atoms with van der Waals surface area (Å²) in [5.41, 5.74) is 1.39. The largest absolute Gasteiger partial charge is 0.497 e. The normalized spacial score (nSPS) is 13.9. The van der Waals surface area contributed by atoms with Crippen LogP contribution in [-0.2, 0) is 16.1 Å². The zero-order chi connectivity index (χ0) is 20.4. The minimum atomic E-state index is -0.488. The lowest BCUT2D eigenvalue weighted by atomic mass is 10.1. The van der Waals surface area contributed by atoms with E-state index in [9.17, 15) is 14.0 Å². The Bertz CT molecular complexity index is 1090. The molecule has 0 fully saturated rings. The van der Waals surface area contributed by atoms with Crippen LogP contribution in [0.1, 0.15) is 10.4 Å². The molecular weight excluding hydrogens is 391 g/mol. The van der Waals surface area contributed by atoms with Gasteiger partial charge < -0.3 is 10.1 Å². The first-order valence-electron chi connectivity index (χ1n) is 8.87. The molecule has 1 aromatic heterocycles. The number of imide groups is 1. The molecular formula is C22H17FN2O3S. The Labute approximate surface area is 171 Å². The van der Waals surface area contributed by atoms with Gasteiger partial charge >= 0.3 is 0 Å². The van der Waals surface area contributed by atoms with Crippen LogP contribution in [0.15, 0.2) is 71.7 Å². The van der Waals surface area contributed by atoms with Crippen LogP contribution < -0.4 is 10.1 Å². The third-order valence-corrected chi connectivity index (χ3v) is 5.47. The van der Waals surface area contributed by atoms with E-state index in [1.54, 1.807) is 55.6 Å². The molecule has 0 radical (unpaired) electrons. The second-order valence-electron chi connectivity index (χ2n) is 6.37. The highest BCUT2D eigenvalue weighted by molar-refractivity contribution is 7.11. The van der Waals surface area contributed by atoms with Crippen LogP contribution in [-0.4, -0.2) is 23.8 Å². The number of nitrogens with zero attached hydrogens (tertiary/aromatic N) is 1. The summed E-state index contributed by atoms with van der Waals surface area (Å²) in [6.07, 6.45) is 0. The summed E-state index contributed by atoms with van der Waals surface area (Å²) < 4.78 is 19.2. The monoisotopic (exact) mass is 408 g/mol. The second kappa shape index (κ2) is 7.89. The first kappa shape index (κ1) is 18.9. The molecule has 0 saturated carbocycles. The van der Waals surface area contributed by atoms with Gasteiger partial charge in [0, 0.05) is 16.1 Å². The van der Waals surface area contributed by atoms with Gasteiger partial charge in [-0.3, -0.25) is 14.5 Å². The molecule has 146 valence electrons. The molecule has 2 amide bonds. The molecule has 4 rings (SSSR count). The minimum Gasteiger partial charge on any atom is -0.497 e. The first-order chi connectivity index (χ1) is 14.1. The van der Waals surface area contributed by atoms with Crippen molar-refractivity contribution in [1.29, 1.82) is 0 Å². The van der Waals surface area contributed by atoms with Crippen LogP contribution in [0.5, 0.6) is 5.75 Å². The summed E-state index contributed by atoms with van der Waals surface area (Å²) in [5.74, 6) is -0.713. The predicted octanol–water partition coefficient (Wildman–Crippen LogP) is 4.29. The number of nitrogens with one attached hydrogen (secondary N) is 1. The second-order valence-corrected chi connectivity index (χ2v) is 7.32. The topological polar surface area (TPSA) is 58.6 Å². The molecule has 0 spiro atoms. The summed E-state index contributed by atoms with van der Waals surface area (Å²) in [4.78, 5) is 28.0. The number of hydrogen-bond acceptors (Lipinski definition) is 5. The van der Waals surface area contributed by atoms with Gasteiger partial charge in [0.05, 0.1) is 19.2 Å². The van der Waals surface area contributed by atoms with Crippen molar-refractivity contribution in [2.24, 2.45) is 0 Å². The Morgan fingerprint density at radius 3 is 2.41 bits per heavy atom. The number of anilines is 1. The fraction of sp³-hybridized carbons (Fsp3) is 0.0909. The molecule has 0 bridgehead atoms. The zero-order valence-electron chi connectivity index (χ0n) is 15.5. The highest BCUT2D eigenvalue weighted by atomic mass is 32.1. The number of ether oxygens (including phenoxy) is 1. The fourth-order valence-corrected chi connectivity index (χ4v) is 3.87. The number of thiophene rings is 1. The van der Waals surface area contributed by atoms with Crippen molar-refractivity contribution >= 4 is 34.4 Å². The van der Waals surface area contributed by atoms with E-state index in [0.29, 0.717) is 16.3 Å². The Balaban J connectivity index is 1.69. The van der Waals surface area contributed by atoms with Crippen molar-refractivity contribution in [1.82, 2.24) is 4.90 Å². The molecule has 0 aliphatic carbocycles. The van der Waals surface area contributed by atoms with Gasteiger partial charge in [-0.25, -0.2) is 4.39 Å². The van der Waals surface area contributed by atoms with E-state index in [1.807, 2.05) is 11.4 Å². The van der Waals surface area contributed by atoms with E-state index in [2.05, 4.69) is 5.32 Å². The van der Waals surface area contributed by atoms with Crippen LogP contribution in [0, 0.1) is 5.82 Å². The third-order valence-electron chi connectivity index (χ3n) is 4.58. The van der Waals surface area contributed by atoms with Gasteiger partial charge in [-0.2, -0.15) is 0 Å². The molecule has 2 heterocycles. The van der Waals surface area contributed by atoms with Crippen LogP contribution in [0.25, 0.3) is 5.57 Å². The van der Waals surface area contributed by atoms with Gasteiger partial charge in [-0.05, 0) is 41.8 Å². The lowest BCUT2D eigenvalue weighted by molar-refractivity contribution is -0.137. The van der Waals surface area contributed by atoms with Crippen molar-refractivity contribution in [2.45, 2.75) is 6.54 Å². The van der Waals surface area contributed by atoms with E-state index < -0.39 is 17.6 Å². The third kappa shape index (κ3) is 3.64. The number of methoxy groups -OCH3 is 1. The maximum absolute atomic E-state index is 14.1. The first-order valence-corrected chi connectivity index (χ1v) is 9.75. The number of rotatable bonds is 6. The average molecular weight is 408 g/mol. The highest BCUT2D eigenvalue weighted by Gasteiger charge is 2.39. The molecule has 7 heteroatoms. The van der Waals surface area contributed by atoms with E-state index >= 15 is 0 Å². The SMILES string of the molecule is COc1ccc(NC2=C(c3cccs3)C(=O)N(Cc3ccccc3F)C2=O)cc1. The maximum Gasteiger partial charge on any atom is 0.278 e. The molecule has 1 aliphatic heterocycles. The molecule has 1 aliphatic rings. The Kier molecular flexibility index (Phi) is 5.14. The van der Waals surface area contributed by atoms with Crippen molar-refractivity contribution in [2.75, 3.05) is 12.4 Å². The van der Waals surface area contributed by atoms with E-state index in [-0.39, 0.29) is 23.4 Å². The Morgan fingerprint density at radius 2 is 1.76 bits per heavy atom. The van der Waals surface area contributed by atoms with Gasteiger partial charge in [0.25, 0.3) is 11.8 Å². The Morgan fingerprint density at radius 1 is 1.00 bits per heavy atom. The zero-order valence-corrected chi connectivity index (χ0v) is 16.3. The van der Waals surface area contributed by atoms with Gasteiger partial charge in [0.15, 0.2) is 0 Å². The summed E-state index contributed by atoms with van der Waals surface area (Å²) in [7, 11) is 1.57. The molecule has 0 saturated heterocycles. The van der Waals surface area contributed by atoms with Crippen LogP contribution in [0.2, 0.25) is 0 Å². The number of amides is 2. The smallest absolute Gasteiger partial charge is 0.278 e. The van der Waals surface area contributed by atoms with Crippen molar-refractivity contribution in [3.05, 3.63) is 88.0 Å². The lowest BCUT2D eigenvalue weighted by Crippen LogP contribution is -2.32. The Hall–Kier alpha value is -3.45. The number of halogens is 1. The number of carbonyl (C=O) groups excluding carboxylic acids is 2. The van der Waals surface area contributed by atoms with Crippen molar-refractivity contribution in [3.8, 4) is 5.75 Å². The summed E-state index contributed by atoms with van der Waals surface area (Å²) in [6.45, 7) is -0.132. The van der Waals surface area contributed by atoms with Gasteiger partial charge in [-0.15, -0.1) is 11.3 Å². The number of hydrogen-bond donors (Lipinski definition) is 1. The quantitative estimate of drug-likeness (QED) is 0.619. The number of benzene rings is 2. The fourth-order valence-electron chi connectivity index (χ4n) is 3.10. The van der Waals surface area contributed by atoms with Crippen LogP contribution >= 0.6 is 11.3 Å². The highest BCUT2D eigenvalue weighted by Crippen LogP contribution is 2.34. The van der Waals surface area contributed by atoms with Crippen molar-refractivity contribution in [3.63, 3.8) is 0 Å². The predicted molar refractivity (Wildman–Crippen MR) is 110 cm³/mol. The van der Waals surface area contributed by atoms with Crippen molar-refractivity contribution < 1.29 is 18.7 Å². The molecule has 5 nitrogen and oxygen atoms in total. The lowest BCUT2D eigenvalue weighted by Gasteiger charge is -2.16. The van der Waals surface area contributed by atoms with Gasteiger partial charge in [0.1, 0.15) is 17.3 Å². The standard InChI is InChI=1S/C22H17FN2O3S/c1-28-16-10-8-15(9-11-16)24-20-19(18-7-4-12-29-18)21(26)25(22(20)27)13-14-5-2-3-6-17(14)23/h2-12,24H,13H2,1H3. The molecule has 0 atom stereocenters. The molecule has 2 aromatic carbocycles. The average Bonchev–Trinajstić information content (AvgIpc) is 3.33. The molecule has 0 unspecified atom stereocenters. The molecule has 3 aromatic rings. The molecule has 1 N–H and O–H groups in total. The van der Waals surface area contributed by atoms with Crippen LogP contribution in [0.3, 0.4) is 0 Å². The number of carbonyl (C=O) groups is 2. The summed E-state index contributed by atoms with van der Waals surface area (Å²) in [6, 6.07) is 16.7. The van der Waals surface area contributed by atoms with Gasteiger partial charge in [-0.1, -0.05) is 24.3 Å². The summed E-state index contributed by atoms with van der Waals surface area (Å²) in [5, 5.41) is 4.90.